The number of anilines is 1. The van der Waals surface area contributed by atoms with Gasteiger partial charge in [-0.3, -0.25) is 13.9 Å². The maximum Gasteiger partial charge on any atom is 0.244 e. The quantitative estimate of drug-likeness (QED) is 0.566. The van der Waals surface area contributed by atoms with E-state index in [1.54, 1.807) is 51.1 Å². The highest BCUT2D eigenvalue weighted by Crippen LogP contribution is 2.27. The third-order valence-corrected chi connectivity index (χ3v) is 7.65. The Morgan fingerprint density at radius 2 is 1.66 bits per heavy atom. The van der Waals surface area contributed by atoms with Crippen LogP contribution in [0.2, 0.25) is 0 Å². The predicted octanol–water partition coefficient (Wildman–Crippen LogP) is 3.68. The Morgan fingerprint density at radius 1 is 1.06 bits per heavy atom. The third-order valence-electron chi connectivity index (χ3n) is 6.54. The minimum Gasteiger partial charge on any atom is -0.352 e. The summed E-state index contributed by atoms with van der Waals surface area (Å²) in [5.74, 6) is -1.42. The first kappa shape index (κ1) is 26.7. The first-order chi connectivity index (χ1) is 16.5. The molecular formula is C26H34FN3O4S. The molecule has 7 nitrogen and oxygen atoms in total. The molecule has 0 radical (unpaired) electrons. The molecule has 2 amide bonds. The first-order valence-electron chi connectivity index (χ1n) is 11.9. The molecule has 0 aromatic heterocycles. The normalized spacial score (nSPS) is 15.0. The van der Waals surface area contributed by atoms with Crippen LogP contribution >= 0.6 is 0 Å². The summed E-state index contributed by atoms with van der Waals surface area (Å²) in [4.78, 5) is 27.9. The van der Waals surface area contributed by atoms with Crippen molar-refractivity contribution in [3.8, 4) is 0 Å². The van der Waals surface area contributed by atoms with Gasteiger partial charge in [-0.05, 0) is 50.8 Å². The van der Waals surface area contributed by atoms with Crippen molar-refractivity contribution in [2.75, 3.05) is 17.1 Å². The van der Waals surface area contributed by atoms with E-state index < -0.39 is 34.3 Å². The van der Waals surface area contributed by atoms with E-state index in [1.807, 2.05) is 6.07 Å². The Bertz CT molecular complexity index is 1160. The smallest absolute Gasteiger partial charge is 0.244 e. The van der Waals surface area contributed by atoms with Gasteiger partial charge < -0.3 is 10.2 Å². The lowest BCUT2D eigenvalue weighted by atomic mass is 10.1. The number of nitrogens with one attached hydrogen (secondary N) is 1. The van der Waals surface area contributed by atoms with Gasteiger partial charge in [0.1, 0.15) is 18.4 Å². The number of amides is 2. The largest absolute Gasteiger partial charge is 0.352 e. The van der Waals surface area contributed by atoms with Crippen LogP contribution in [0.4, 0.5) is 10.1 Å². The topological polar surface area (TPSA) is 86.8 Å². The number of carbonyl (C=O) groups is 2. The van der Waals surface area contributed by atoms with Gasteiger partial charge in [0, 0.05) is 18.2 Å². The average molecular weight is 504 g/mol. The molecule has 1 N–H and O–H groups in total. The van der Waals surface area contributed by atoms with Crippen LogP contribution in [0.3, 0.4) is 0 Å². The highest BCUT2D eigenvalue weighted by atomic mass is 32.2. The zero-order chi connectivity index (χ0) is 25.8. The highest BCUT2D eigenvalue weighted by molar-refractivity contribution is 7.92. The van der Waals surface area contributed by atoms with Crippen molar-refractivity contribution in [2.24, 2.45) is 0 Å². The molecular weight excluding hydrogens is 469 g/mol. The molecule has 9 heteroatoms. The molecule has 2 aromatic carbocycles. The second-order valence-corrected chi connectivity index (χ2v) is 11.2. The van der Waals surface area contributed by atoms with Gasteiger partial charge in [-0.1, -0.05) is 49.2 Å². The van der Waals surface area contributed by atoms with E-state index in [2.05, 4.69) is 5.32 Å². The Kier molecular flexibility index (Phi) is 8.53. The molecule has 2 aromatic rings. The summed E-state index contributed by atoms with van der Waals surface area (Å²) in [6.45, 7) is 4.49. The van der Waals surface area contributed by atoms with E-state index in [0.29, 0.717) is 16.8 Å². The van der Waals surface area contributed by atoms with Gasteiger partial charge in [0.2, 0.25) is 21.8 Å². The zero-order valence-electron chi connectivity index (χ0n) is 20.8. The number of sulfonamides is 1. The van der Waals surface area contributed by atoms with Crippen molar-refractivity contribution in [3.63, 3.8) is 0 Å². The van der Waals surface area contributed by atoms with E-state index >= 15 is 0 Å². The number of rotatable bonds is 9. The van der Waals surface area contributed by atoms with Crippen LogP contribution in [-0.2, 0) is 26.2 Å². The number of carbonyl (C=O) groups excluding carboxylic acids is 2. The minimum atomic E-state index is -3.83. The van der Waals surface area contributed by atoms with Crippen LogP contribution in [0, 0.1) is 19.7 Å². The van der Waals surface area contributed by atoms with Crippen molar-refractivity contribution < 1.29 is 22.4 Å². The molecule has 190 valence electrons. The van der Waals surface area contributed by atoms with E-state index in [4.69, 9.17) is 0 Å². The lowest BCUT2D eigenvalue weighted by molar-refractivity contribution is -0.139. The molecule has 1 saturated carbocycles. The summed E-state index contributed by atoms with van der Waals surface area (Å²) in [5, 5.41) is 2.99. The molecule has 1 aliphatic carbocycles. The van der Waals surface area contributed by atoms with Crippen LogP contribution in [0.5, 0.6) is 0 Å². The Hall–Kier alpha value is -2.94. The number of hydrogen-bond donors (Lipinski definition) is 1. The van der Waals surface area contributed by atoms with E-state index in [1.165, 1.54) is 11.0 Å². The number of benzene rings is 2. The summed E-state index contributed by atoms with van der Waals surface area (Å²) >= 11 is 0. The Morgan fingerprint density at radius 3 is 2.23 bits per heavy atom. The maximum atomic E-state index is 14.5. The molecule has 1 fully saturated rings. The number of hydrogen-bond acceptors (Lipinski definition) is 4. The second-order valence-electron chi connectivity index (χ2n) is 9.29. The van der Waals surface area contributed by atoms with E-state index in [9.17, 15) is 22.4 Å². The van der Waals surface area contributed by atoms with Crippen LogP contribution in [0.1, 0.15) is 49.3 Å². The number of aryl methyl sites for hydroxylation is 2. The van der Waals surface area contributed by atoms with Crippen LogP contribution in [0.25, 0.3) is 0 Å². The van der Waals surface area contributed by atoms with Gasteiger partial charge >= 0.3 is 0 Å². The third kappa shape index (κ3) is 6.60. The highest BCUT2D eigenvalue weighted by Gasteiger charge is 2.32. The fourth-order valence-electron chi connectivity index (χ4n) is 4.56. The van der Waals surface area contributed by atoms with Crippen LogP contribution < -0.4 is 9.62 Å². The second kappa shape index (κ2) is 11.2. The average Bonchev–Trinajstić information content (AvgIpc) is 3.29. The first-order valence-corrected chi connectivity index (χ1v) is 13.7. The summed E-state index contributed by atoms with van der Waals surface area (Å²) in [6.07, 6.45) is 4.89. The zero-order valence-corrected chi connectivity index (χ0v) is 21.6. The van der Waals surface area contributed by atoms with Crippen LogP contribution in [-0.4, -0.2) is 50.0 Å². The standard InChI is InChI=1S/C26H34FN3O4S/c1-18-10-9-11-19(2)25(18)30(35(4,33)34)17-24(31)29(16-21-12-5-8-15-23(21)27)20(3)26(32)28-22-13-6-7-14-22/h5,8-12,15,20,22H,6-7,13-14,16-17H2,1-4H3,(H,28,32)/t20-/m0/s1. The molecule has 0 heterocycles. The van der Waals surface area contributed by atoms with Crippen LogP contribution in [0.15, 0.2) is 42.5 Å². The molecule has 0 spiro atoms. The monoisotopic (exact) mass is 503 g/mol. The van der Waals surface area contributed by atoms with Gasteiger partial charge in [-0.2, -0.15) is 0 Å². The summed E-state index contributed by atoms with van der Waals surface area (Å²) in [5.41, 5.74) is 2.09. The van der Waals surface area contributed by atoms with E-state index in [-0.39, 0.29) is 24.1 Å². The Balaban J connectivity index is 1.93. The number of halogens is 1. The molecule has 0 unspecified atom stereocenters. The molecule has 35 heavy (non-hydrogen) atoms. The predicted molar refractivity (Wildman–Crippen MR) is 135 cm³/mol. The lowest BCUT2D eigenvalue weighted by Crippen LogP contribution is -2.52. The van der Waals surface area contributed by atoms with Gasteiger partial charge in [-0.25, -0.2) is 12.8 Å². The number of para-hydroxylation sites is 1. The van der Waals surface area contributed by atoms with Gasteiger partial charge in [-0.15, -0.1) is 0 Å². The molecule has 0 saturated heterocycles. The maximum absolute atomic E-state index is 14.5. The van der Waals surface area contributed by atoms with Gasteiger partial charge in [0.05, 0.1) is 11.9 Å². The minimum absolute atomic E-state index is 0.0532. The SMILES string of the molecule is Cc1cccc(C)c1N(CC(=O)N(Cc1ccccc1F)[C@@H](C)C(=O)NC1CCCC1)S(C)(=O)=O. The summed E-state index contributed by atoms with van der Waals surface area (Å²) in [7, 11) is -3.83. The van der Waals surface area contributed by atoms with Crippen molar-refractivity contribution >= 4 is 27.5 Å². The van der Waals surface area contributed by atoms with Gasteiger partial charge in [0.15, 0.2) is 0 Å². The number of nitrogens with zero attached hydrogens (tertiary/aromatic N) is 2. The fraction of sp³-hybridized carbons (Fsp3) is 0.462. The molecule has 0 bridgehead atoms. The molecule has 1 aliphatic rings. The van der Waals surface area contributed by atoms with Crippen molar-refractivity contribution in [2.45, 2.75) is 65.1 Å². The van der Waals surface area contributed by atoms with E-state index in [0.717, 1.165) is 36.2 Å². The molecule has 0 aliphatic heterocycles. The Labute approximate surface area is 207 Å². The lowest BCUT2D eigenvalue weighted by Gasteiger charge is -2.33. The van der Waals surface area contributed by atoms with Crippen molar-refractivity contribution in [1.29, 1.82) is 0 Å². The van der Waals surface area contributed by atoms with Crippen molar-refractivity contribution in [1.82, 2.24) is 10.2 Å². The summed E-state index contributed by atoms with van der Waals surface area (Å²) in [6, 6.07) is 10.6. The summed E-state index contributed by atoms with van der Waals surface area (Å²) < 4.78 is 41.1. The van der Waals surface area contributed by atoms with Gasteiger partial charge in [0.25, 0.3) is 0 Å². The molecule has 3 rings (SSSR count). The van der Waals surface area contributed by atoms with Crippen molar-refractivity contribution in [3.05, 3.63) is 65.0 Å². The molecule has 1 atom stereocenters. The fourth-order valence-corrected chi connectivity index (χ4v) is 5.52.